The molecule has 0 saturated heterocycles. The fraction of sp³-hybridized carbons (Fsp3) is 0.304. The Hall–Kier alpha value is -7.00. The molecular formula is C46H50N8O7. The lowest BCUT2D eigenvalue weighted by Gasteiger charge is -2.35. The number of aromatic amines is 2. The molecule has 2 aromatic heterocycles. The van der Waals surface area contributed by atoms with E-state index in [2.05, 4.69) is 20.6 Å². The highest BCUT2D eigenvalue weighted by Crippen LogP contribution is 2.46. The van der Waals surface area contributed by atoms with Crippen molar-refractivity contribution in [3.63, 3.8) is 0 Å². The molecule has 4 N–H and O–H groups in total. The first-order chi connectivity index (χ1) is 29.3. The van der Waals surface area contributed by atoms with Crippen LogP contribution in [0.3, 0.4) is 0 Å². The maximum absolute atomic E-state index is 14.3. The molecule has 0 bridgehead atoms. The van der Waals surface area contributed by atoms with E-state index in [0.717, 1.165) is 22.1 Å². The van der Waals surface area contributed by atoms with E-state index in [9.17, 15) is 9.59 Å². The van der Waals surface area contributed by atoms with E-state index in [1.165, 1.54) is 0 Å². The number of carbonyl (C=O) groups is 2. The quantitative estimate of drug-likeness (QED) is 0.0822. The predicted molar refractivity (Wildman–Crippen MR) is 235 cm³/mol. The zero-order valence-electron chi connectivity index (χ0n) is 35.8. The first-order valence-electron chi connectivity index (χ1n) is 19.9. The van der Waals surface area contributed by atoms with Crippen LogP contribution in [0.25, 0.3) is 33.2 Å². The monoisotopic (exact) mass is 826 g/mol. The van der Waals surface area contributed by atoms with Crippen molar-refractivity contribution in [2.45, 2.75) is 45.4 Å². The van der Waals surface area contributed by atoms with Crippen LogP contribution in [0.1, 0.15) is 44.9 Å². The number of fused-ring (bicyclic) bond motifs is 2. The van der Waals surface area contributed by atoms with Gasteiger partial charge in [-0.3, -0.25) is 9.59 Å². The molecule has 0 radical (unpaired) electrons. The number of nitrogens with zero attached hydrogens (tertiary/aromatic N) is 4. The van der Waals surface area contributed by atoms with E-state index < -0.39 is 11.1 Å². The smallest absolute Gasteiger partial charge is 0.195 e. The Morgan fingerprint density at radius 2 is 1.33 bits per heavy atom. The van der Waals surface area contributed by atoms with Crippen molar-refractivity contribution in [2.75, 3.05) is 58.4 Å². The zero-order chi connectivity index (χ0) is 43.2. The van der Waals surface area contributed by atoms with Crippen molar-refractivity contribution in [3.8, 4) is 23.0 Å². The number of Topliss-reactive ketones (excluding diaryl/α,β-unsaturated/α-hetero) is 2. The number of carbonyl (C=O) groups excluding carboxylic acids is 2. The number of para-hydroxylation sites is 2. The number of imidazole rings is 2. The van der Waals surface area contributed by atoms with Gasteiger partial charge in [-0.15, -0.1) is 0 Å². The molecule has 0 amide bonds. The number of H-pyrrole nitrogens is 2. The molecule has 2 aliphatic heterocycles. The topological polar surface area (TPSA) is 168 Å². The summed E-state index contributed by atoms with van der Waals surface area (Å²) >= 11 is 0. The van der Waals surface area contributed by atoms with Gasteiger partial charge in [-0.1, -0.05) is 18.2 Å². The molecule has 0 unspecified atom stereocenters. The fourth-order valence-corrected chi connectivity index (χ4v) is 8.16. The maximum atomic E-state index is 14.3. The van der Waals surface area contributed by atoms with Gasteiger partial charge >= 0.3 is 0 Å². The number of benzene rings is 4. The predicted octanol–water partition coefficient (Wildman–Crippen LogP) is 6.57. The molecule has 4 aromatic carbocycles. The summed E-state index contributed by atoms with van der Waals surface area (Å²) in [5, 5.41) is 6.73. The maximum Gasteiger partial charge on any atom is 0.195 e. The highest BCUT2D eigenvalue weighted by Gasteiger charge is 2.50. The van der Waals surface area contributed by atoms with Crippen molar-refractivity contribution >= 4 is 56.2 Å². The Kier molecular flexibility index (Phi) is 10.6. The summed E-state index contributed by atoms with van der Waals surface area (Å²) in [7, 11) is 8.20. The molecule has 4 heterocycles. The summed E-state index contributed by atoms with van der Waals surface area (Å²) in [4.78, 5) is 48.9. The molecule has 15 nitrogen and oxygen atoms in total. The van der Waals surface area contributed by atoms with Crippen LogP contribution in [-0.4, -0.2) is 91.2 Å². The normalized spacial score (nSPS) is 16.0. The van der Waals surface area contributed by atoms with Gasteiger partial charge in [0.1, 0.15) is 75.1 Å². The molecular weight excluding hydrogens is 777 g/mol. The molecule has 316 valence electrons. The molecule has 8 rings (SSSR count). The highest BCUT2D eigenvalue weighted by molar-refractivity contribution is 6.30. The van der Waals surface area contributed by atoms with E-state index in [1.54, 1.807) is 41.6 Å². The first-order valence-corrected chi connectivity index (χ1v) is 19.9. The Labute approximate surface area is 353 Å². The molecule has 0 fully saturated rings. The molecule has 0 spiro atoms. The van der Waals surface area contributed by atoms with Gasteiger partial charge in [0.25, 0.3) is 0 Å². The third kappa shape index (κ3) is 7.03. The van der Waals surface area contributed by atoms with Crippen molar-refractivity contribution in [2.24, 2.45) is 0 Å². The van der Waals surface area contributed by atoms with E-state index >= 15 is 0 Å². The molecule has 6 aromatic rings. The molecule has 0 atom stereocenters. The number of hydrogen-bond acceptors (Lipinski definition) is 13. The lowest BCUT2D eigenvalue weighted by atomic mass is 9.95. The van der Waals surface area contributed by atoms with Gasteiger partial charge in [0.2, 0.25) is 0 Å². The number of ketones is 2. The number of rotatable bonds is 15. The number of methoxy groups -OCH3 is 4. The van der Waals surface area contributed by atoms with Gasteiger partial charge in [-0.05, 0) is 69.7 Å². The minimum absolute atomic E-state index is 0.0994. The van der Waals surface area contributed by atoms with Gasteiger partial charge in [0.15, 0.2) is 11.6 Å². The van der Waals surface area contributed by atoms with Gasteiger partial charge in [0, 0.05) is 45.0 Å². The summed E-state index contributed by atoms with van der Waals surface area (Å²) in [5.74, 6) is 4.19. The third-order valence-corrected chi connectivity index (χ3v) is 11.2. The van der Waals surface area contributed by atoms with Crippen molar-refractivity contribution in [1.29, 1.82) is 0 Å². The van der Waals surface area contributed by atoms with Crippen molar-refractivity contribution in [1.82, 2.24) is 30.6 Å². The van der Waals surface area contributed by atoms with Crippen LogP contribution >= 0.6 is 0 Å². The standard InChI is InChI=1S/C46H50N8O7/c1-45(2)40(56)38(42-49-31-12-10-11-13-32(31)50-42)44(48-18-19-57-6)53(45)27-21-29(59-8)23-30(22-27)61-25-26-14-16-33-34(20-26)52-41(51-33)37-39(55)46(3,4)54(43(37)47-5)35-17-15-28(58-7)24-36(35)60-9/h10-17,20-24,47-48H,18-19,25H2,1-9H3,(H,49,50)(H,51,52). The van der Waals surface area contributed by atoms with Crippen LogP contribution in [0.15, 0.2) is 90.5 Å². The number of aromatic nitrogens is 4. The Bertz CT molecular complexity index is 2710. The molecule has 0 saturated carbocycles. The van der Waals surface area contributed by atoms with E-state index in [1.807, 2.05) is 110 Å². The average Bonchev–Trinajstić information content (AvgIpc) is 3.98. The van der Waals surface area contributed by atoms with Crippen LogP contribution in [0, 0.1) is 0 Å². The van der Waals surface area contributed by atoms with Crippen LogP contribution in [0.2, 0.25) is 0 Å². The van der Waals surface area contributed by atoms with E-state index in [4.69, 9.17) is 33.7 Å². The second kappa shape index (κ2) is 15.9. The van der Waals surface area contributed by atoms with E-state index in [-0.39, 0.29) is 18.2 Å². The van der Waals surface area contributed by atoms with Crippen LogP contribution in [-0.2, 0) is 20.9 Å². The molecule has 61 heavy (non-hydrogen) atoms. The molecule has 0 aliphatic carbocycles. The minimum Gasteiger partial charge on any atom is -0.497 e. The van der Waals surface area contributed by atoms with Gasteiger partial charge < -0.3 is 54.1 Å². The SMILES string of the molecule is CNC1=C(c2nc3ccc(COc4cc(OC)cc(N5C(NCCOC)=C(c6nc7ccccc7[nH]6)C(=O)C5(C)C)c4)cc3[nH]2)C(=O)C(C)(C)N1c1ccc(OC)cc1OC. The second-order valence-electron chi connectivity index (χ2n) is 15.8. The largest absolute Gasteiger partial charge is 0.497 e. The van der Waals surface area contributed by atoms with E-state index in [0.29, 0.717) is 87.5 Å². The average molecular weight is 827 g/mol. The fourth-order valence-electron chi connectivity index (χ4n) is 8.16. The number of anilines is 2. The summed E-state index contributed by atoms with van der Waals surface area (Å²) < 4.78 is 28.7. The zero-order valence-corrected chi connectivity index (χ0v) is 35.8. The summed E-state index contributed by atoms with van der Waals surface area (Å²) in [6, 6.07) is 24.6. The summed E-state index contributed by atoms with van der Waals surface area (Å²) in [5.41, 5.74) is 4.19. The van der Waals surface area contributed by atoms with Gasteiger partial charge in [-0.2, -0.15) is 0 Å². The lowest BCUT2D eigenvalue weighted by Crippen LogP contribution is -2.46. The Morgan fingerprint density at radius 3 is 2.00 bits per heavy atom. The molecule has 2 aliphatic rings. The molecule has 15 heteroatoms. The third-order valence-electron chi connectivity index (χ3n) is 11.2. The Morgan fingerprint density at radius 1 is 0.672 bits per heavy atom. The van der Waals surface area contributed by atoms with Crippen LogP contribution in [0.4, 0.5) is 11.4 Å². The minimum atomic E-state index is -1.01. The Balaban J connectivity index is 1.10. The highest BCUT2D eigenvalue weighted by atomic mass is 16.5. The van der Waals surface area contributed by atoms with Crippen LogP contribution in [0.5, 0.6) is 23.0 Å². The second-order valence-corrected chi connectivity index (χ2v) is 15.8. The van der Waals surface area contributed by atoms with Crippen molar-refractivity contribution < 1.29 is 33.3 Å². The number of ether oxygens (including phenoxy) is 5. The summed E-state index contributed by atoms with van der Waals surface area (Å²) in [6.07, 6.45) is 0. The lowest BCUT2D eigenvalue weighted by molar-refractivity contribution is -0.117. The number of hydrogen-bond donors (Lipinski definition) is 4. The number of nitrogens with one attached hydrogen (secondary N) is 4. The van der Waals surface area contributed by atoms with Crippen LogP contribution < -0.4 is 39.4 Å². The van der Waals surface area contributed by atoms with Gasteiger partial charge in [0.05, 0.1) is 61.4 Å². The first kappa shape index (κ1) is 40.8. The summed E-state index contributed by atoms with van der Waals surface area (Å²) in [6.45, 7) is 8.62. The van der Waals surface area contributed by atoms with Gasteiger partial charge in [-0.25, -0.2) is 9.97 Å². The van der Waals surface area contributed by atoms with Crippen molar-refractivity contribution in [3.05, 3.63) is 108 Å².